The zero-order valence-corrected chi connectivity index (χ0v) is 12.9. The van der Waals surface area contributed by atoms with E-state index in [1.54, 1.807) is 0 Å². The molecule has 2 saturated carbocycles. The molecule has 4 heteroatoms. The molecule has 0 aromatic carbocycles. The lowest BCUT2D eigenvalue weighted by Crippen LogP contribution is -2.33. The molecule has 20 heavy (non-hydrogen) atoms. The monoisotopic (exact) mass is 277 g/mol. The maximum Gasteiger partial charge on any atom is 0.231 e. The summed E-state index contributed by atoms with van der Waals surface area (Å²) in [7, 11) is 0. The lowest BCUT2D eigenvalue weighted by Gasteiger charge is -2.20. The first-order valence-electron chi connectivity index (χ1n) is 8.29. The minimum atomic E-state index is 0.291. The molecule has 1 N–H and O–H groups in total. The average Bonchev–Trinajstić information content (AvgIpc) is 3.17. The lowest BCUT2D eigenvalue weighted by molar-refractivity contribution is 0.314. The highest BCUT2D eigenvalue weighted by Crippen LogP contribution is 2.52. The highest BCUT2D eigenvalue weighted by atomic mass is 16.5. The minimum absolute atomic E-state index is 0.291. The molecule has 3 rings (SSSR count). The van der Waals surface area contributed by atoms with Crippen LogP contribution in [-0.4, -0.2) is 22.7 Å². The van der Waals surface area contributed by atoms with E-state index in [2.05, 4.69) is 31.2 Å². The molecule has 2 fully saturated rings. The van der Waals surface area contributed by atoms with Crippen LogP contribution in [0.3, 0.4) is 0 Å². The van der Waals surface area contributed by atoms with E-state index in [-0.39, 0.29) is 0 Å². The number of likely N-dealkylation sites (N-methyl/N-ethyl adjacent to an activating group) is 1. The van der Waals surface area contributed by atoms with Crippen molar-refractivity contribution in [2.75, 3.05) is 6.54 Å². The van der Waals surface area contributed by atoms with E-state index in [4.69, 9.17) is 9.51 Å². The lowest BCUT2D eigenvalue weighted by atomic mass is 9.88. The predicted octanol–water partition coefficient (Wildman–Crippen LogP) is 3.46. The smallest absolute Gasteiger partial charge is 0.231 e. The van der Waals surface area contributed by atoms with Gasteiger partial charge in [-0.2, -0.15) is 4.98 Å². The number of nitrogens with zero attached hydrogens (tertiary/aromatic N) is 2. The van der Waals surface area contributed by atoms with Crippen molar-refractivity contribution < 1.29 is 4.52 Å². The van der Waals surface area contributed by atoms with Crippen LogP contribution in [-0.2, 0) is 0 Å². The van der Waals surface area contributed by atoms with Crippen molar-refractivity contribution in [3.8, 4) is 0 Å². The van der Waals surface area contributed by atoms with Crippen molar-refractivity contribution in [3.05, 3.63) is 11.7 Å². The van der Waals surface area contributed by atoms with Gasteiger partial charge in [0.2, 0.25) is 5.89 Å². The van der Waals surface area contributed by atoms with Crippen molar-refractivity contribution in [1.29, 1.82) is 0 Å². The molecule has 1 aromatic rings. The highest BCUT2D eigenvalue weighted by molar-refractivity contribution is 5.08. The zero-order valence-electron chi connectivity index (χ0n) is 12.9. The second-order valence-corrected chi connectivity index (χ2v) is 6.63. The van der Waals surface area contributed by atoms with Crippen molar-refractivity contribution in [2.45, 2.75) is 70.8 Å². The summed E-state index contributed by atoms with van der Waals surface area (Å²) in [4.78, 5) is 4.74. The van der Waals surface area contributed by atoms with Gasteiger partial charge in [0.05, 0.1) is 5.92 Å². The van der Waals surface area contributed by atoms with Crippen LogP contribution in [0.1, 0.15) is 76.4 Å². The van der Waals surface area contributed by atoms with Gasteiger partial charge in [0, 0.05) is 12.0 Å². The first kappa shape index (κ1) is 14.1. The van der Waals surface area contributed by atoms with Gasteiger partial charge in [-0.3, -0.25) is 0 Å². The van der Waals surface area contributed by atoms with Crippen LogP contribution in [0, 0.1) is 11.8 Å². The van der Waals surface area contributed by atoms with Gasteiger partial charge in [-0.15, -0.1) is 0 Å². The van der Waals surface area contributed by atoms with Crippen molar-refractivity contribution in [2.24, 2.45) is 11.8 Å². The fraction of sp³-hybridized carbons (Fsp3) is 0.875. The number of rotatable bonds is 6. The minimum Gasteiger partial charge on any atom is -0.339 e. The molecule has 0 aliphatic heterocycles. The normalized spacial score (nSPS) is 31.6. The van der Waals surface area contributed by atoms with Gasteiger partial charge in [0.25, 0.3) is 0 Å². The van der Waals surface area contributed by atoms with Gasteiger partial charge in [-0.1, -0.05) is 32.3 Å². The quantitative estimate of drug-likeness (QED) is 0.865. The summed E-state index contributed by atoms with van der Waals surface area (Å²) in [6.45, 7) is 7.52. The van der Waals surface area contributed by atoms with Crippen molar-refractivity contribution >= 4 is 0 Å². The van der Waals surface area contributed by atoms with Crippen LogP contribution in [0.2, 0.25) is 0 Å². The Morgan fingerprint density at radius 2 is 2.15 bits per heavy atom. The Balaban J connectivity index is 1.70. The summed E-state index contributed by atoms with van der Waals surface area (Å²) >= 11 is 0. The topological polar surface area (TPSA) is 51.0 Å². The Morgan fingerprint density at radius 3 is 2.75 bits per heavy atom. The summed E-state index contributed by atoms with van der Waals surface area (Å²) in [6, 6.07) is 0.424. The van der Waals surface area contributed by atoms with E-state index in [9.17, 15) is 0 Å². The highest BCUT2D eigenvalue weighted by Gasteiger charge is 2.42. The van der Waals surface area contributed by atoms with Gasteiger partial charge in [0.1, 0.15) is 0 Å². The molecule has 1 aromatic heterocycles. The summed E-state index contributed by atoms with van der Waals surface area (Å²) in [5, 5.41) is 7.81. The molecule has 0 saturated heterocycles. The number of fused-ring (bicyclic) bond motifs is 2. The molecule has 2 bridgehead atoms. The Labute approximate surface area is 121 Å². The molecule has 4 nitrogen and oxygen atoms in total. The molecule has 1 heterocycles. The molecular formula is C16H27N3O. The fourth-order valence-electron chi connectivity index (χ4n) is 4.25. The molecular weight excluding hydrogens is 250 g/mol. The fourth-order valence-corrected chi connectivity index (χ4v) is 4.25. The second kappa shape index (κ2) is 5.84. The summed E-state index contributed by atoms with van der Waals surface area (Å²) in [6.07, 6.45) is 6.53. The Morgan fingerprint density at radius 1 is 1.30 bits per heavy atom. The van der Waals surface area contributed by atoms with Crippen LogP contribution in [0.4, 0.5) is 0 Å². The third-order valence-electron chi connectivity index (χ3n) is 5.43. The largest absolute Gasteiger partial charge is 0.339 e. The molecule has 5 atom stereocenters. The summed E-state index contributed by atoms with van der Waals surface area (Å²) in [5.41, 5.74) is 0. The van der Waals surface area contributed by atoms with Crippen LogP contribution in [0.5, 0.6) is 0 Å². The molecule has 2 aliphatic rings. The van der Waals surface area contributed by atoms with Gasteiger partial charge in [0.15, 0.2) is 5.82 Å². The number of nitrogens with one attached hydrogen (secondary N) is 1. The van der Waals surface area contributed by atoms with E-state index in [1.165, 1.54) is 25.7 Å². The average molecular weight is 277 g/mol. The molecule has 5 unspecified atom stereocenters. The summed E-state index contributed by atoms with van der Waals surface area (Å²) < 4.78 is 5.57. The van der Waals surface area contributed by atoms with E-state index >= 15 is 0 Å². The van der Waals surface area contributed by atoms with Gasteiger partial charge in [-0.05, 0) is 44.1 Å². The third-order valence-corrected chi connectivity index (χ3v) is 5.43. The summed E-state index contributed by atoms with van der Waals surface area (Å²) in [5.74, 6) is 4.39. The van der Waals surface area contributed by atoms with Crippen LogP contribution in [0.15, 0.2) is 4.52 Å². The number of hydrogen-bond donors (Lipinski definition) is 1. The SMILES string of the molecule is CCNC(CC)C(C)c1nc(C2CC3CCC2C3)no1. The zero-order chi connectivity index (χ0) is 14.1. The molecule has 0 spiro atoms. The van der Waals surface area contributed by atoms with E-state index in [1.807, 2.05) is 0 Å². The predicted molar refractivity (Wildman–Crippen MR) is 78.7 cm³/mol. The maximum absolute atomic E-state index is 5.57. The van der Waals surface area contributed by atoms with Gasteiger partial charge < -0.3 is 9.84 Å². The second-order valence-electron chi connectivity index (χ2n) is 6.63. The van der Waals surface area contributed by atoms with E-state index in [0.29, 0.717) is 17.9 Å². The first-order valence-corrected chi connectivity index (χ1v) is 8.29. The molecule has 112 valence electrons. The van der Waals surface area contributed by atoms with Crippen LogP contribution in [0.25, 0.3) is 0 Å². The molecule has 2 aliphatic carbocycles. The van der Waals surface area contributed by atoms with Gasteiger partial charge in [-0.25, -0.2) is 0 Å². The third kappa shape index (κ3) is 2.50. The van der Waals surface area contributed by atoms with Crippen LogP contribution < -0.4 is 5.32 Å². The Bertz CT molecular complexity index is 445. The van der Waals surface area contributed by atoms with Crippen LogP contribution >= 0.6 is 0 Å². The maximum atomic E-state index is 5.57. The Kier molecular flexibility index (Phi) is 4.11. The van der Waals surface area contributed by atoms with Gasteiger partial charge >= 0.3 is 0 Å². The van der Waals surface area contributed by atoms with Crippen molar-refractivity contribution in [3.63, 3.8) is 0 Å². The van der Waals surface area contributed by atoms with E-state index in [0.717, 1.165) is 36.5 Å². The van der Waals surface area contributed by atoms with E-state index < -0.39 is 0 Å². The standard InChI is InChI=1S/C16H27N3O/c1-4-14(17-5-2)10(3)16-18-15(19-20-16)13-9-11-6-7-12(13)8-11/h10-14,17H,4-9H2,1-3H3. The molecule has 0 amide bonds. The Hall–Kier alpha value is -0.900. The van der Waals surface area contributed by atoms with Crippen molar-refractivity contribution in [1.82, 2.24) is 15.5 Å². The first-order chi connectivity index (χ1) is 9.72. The molecule has 0 radical (unpaired) electrons. The number of aromatic nitrogens is 2. The number of hydrogen-bond acceptors (Lipinski definition) is 4.